The van der Waals surface area contributed by atoms with Gasteiger partial charge in [0, 0.05) is 17.5 Å². The third-order valence-corrected chi connectivity index (χ3v) is 3.34. The van der Waals surface area contributed by atoms with Gasteiger partial charge in [0.1, 0.15) is 6.29 Å². The number of rotatable bonds is 7. The van der Waals surface area contributed by atoms with E-state index in [9.17, 15) is 4.79 Å². The molecule has 0 aromatic carbocycles. The van der Waals surface area contributed by atoms with Gasteiger partial charge >= 0.3 is 0 Å². The molecule has 0 saturated heterocycles. The Labute approximate surface area is 95.0 Å². The van der Waals surface area contributed by atoms with Crippen LogP contribution in [0.25, 0.3) is 0 Å². The van der Waals surface area contributed by atoms with E-state index in [4.69, 9.17) is 0 Å². The Morgan fingerprint density at radius 3 is 2.20 bits per heavy atom. The molecule has 0 aliphatic rings. The highest BCUT2D eigenvalue weighted by Gasteiger charge is 2.28. The van der Waals surface area contributed by atoms with Crippen LogP contribution < -0.4 is 0 Å². The Hall–Kier alpha value is -0.370. The van der Waals surface area contributed by atoms with Gasteiger partial charge in [0.05, 0.1) is 0 Å². The van der Waals surface area contributed by atoms with E-state index in [1.54, 1.807) is 0 Å². The van der Waals surface area contributed by atoms with E-state index in [-0.39, 0.29) is 11.5 Å². The number of hydrogen-bond acceptors (Lipinski definition) is 2. The quantitative estimate of drug-likeness (QED) is 0.606. The molecule has 0 heterocycles. The van der Waals surface area contributed by atoms with Crippen LogP contribution in [0.4, 0.5) is 0 Å². The van der Waals surface area contributed by atoms with Gasteiger partial charge in [0.2, 0.25) is 0 Å². The monoisotopic (exact) mass is 213 g/mol. The second kappa shape index (κ2) is 6.26. The van der Waals surface area contributed by atoms with Gasteiger partial charge in [-0.05, 0) is 47.6 Å². The highest BCUT2D eigenvalue weighted by molar-refractivity contribution is 5.53. The lowest BCUT2D eigenvalue weighted by molar-refractivity contribution is -0.112. The highest BCUT2D eigenvalue weighted by Crippen LogP contribution is 2.25. The predicted octanol–water partition coefficient (Wildman–Crippen LogP) is 3.11. The van der Waals surface area contributed by atoms with Crippen LogP contribution in [0.2, 0.25) is 0 Å². The fraction of sp³-hybridized carbons (Fsp3) is 0.923. The average Bonchev–Trinajstić information content (AvgIpc) is 2.15. The van der Waals surface area contributed by atoms with Gasteiger partial charge in [-0.15, -0.1) is 0 Å². The first-order chi connectivity index (χ1) is 6.85. The third kappa shape index (κ3) is 4.78. The molecule has 2 nitrogen and oxygen atoms in total. The Morgan fingerprint density at radius 2 is 1.87 bits per heavy atom. The summed E-state index contributed by atoms with van der Waals surface area (Å²) in [6.45, 7) is 11.0. The maximum absolute atomic E-state index is 10.9. The second-order valence-corrected chi connectivity index (χ2v) is 5.41. The van der Waals surface area contributed by atoms with Gasteiger partial charge in [-0.1, -0.05) is 13.3 Å². The molecule has 0 aromatic rings. The zero-order valence-electron chi connectivity index (χ0n) is 11.2. The molecule has 0 spiro atoms. The molecular weight excluding hydrogens is 186 g/mol. The zero-order valence-corrected chi connectivity index (χ0v) is 11.2. The Kier molecular flexibility index (Phi) is 6.11. The van der Waals surface area contributed by atoms with Gasteiger partial charge in [-0.3, -0.25) is 4.90 Å². The topological polar surface area (TPSA) is 20.3 Å². The van der Waals surface area contributed by atoms with Crippen LogP contribution in [0.3, 0.4) is 0 Å². The lowest BCUT2D eigenvalue weighted by atomic mass is 9.87. The molecule has 0 N–H and O–H groups in total. The van der Waals surface area contributed by atoms with Gasteiger partial charge < -0.3 is 4.79 Å². The largest absolute Gasteiger partial charge is 0.303 e. The third-order valence-electron chi connectivity index (χ3n) is 3.34. The summed E-state index contributed by atoms with van der Waals surface area (Å²) in [5, 5.41) is 0. The van der Waals surface area contributed by atoms with E-state index in [0.29, 0.717) is 6.04 Å². The Balaban J connectivity index is 4.39. The van der Waals surface area contributed by atoms with Crippen molar-refractivity contribution in [2.24, 2.45) is 5.92 Å². The minimum atomic E-state index is 0.106. The average molecular weight is 213 g/mol. The lowest BCUT2D eigenvalue weighted by Crippen LogP contribution is -2.46. The van der Waals surface area contributed by atoms with E-state index >= 15 is 0 Å². The zero-order chi connectivity index (χ0) is 12.1. The van der Waals surface area contributed by atoms with Crippen LogP contribution in [-0.4, -0.2) is 29.8 Å². The molecule has 90 valence electrons. The van der Waals surface area contributed by atoms with Crippen molar-refractivity contribution in [1.29, 1.82) is 0 Å². The van der Waals surface area contributed by atoms with Gasteiger partial charge in [-0.2, -0.15) is 0 Å². The fourth-order valence-electron chi connectivity index (χ4n) is 2.07. The lowest BCUT2D eigenvalue weighted by Gasteiger charge is -2.40. The summed E-state index contributed by atoms with van der Waals surface area (Å²) >= 11 is 0. The van der Waals surface area contributed by atoms with Crippen LogP contribution in [0.5, 0.6) is 0 Å². The minimum absolute atomic E-state index is 0.106. The SMILES string of the molecule is CCCC(C=O)CC(C)(C)N(C)C(C)C. The summed E-state index contributed by atoms with van der Waals surface area (Å²) in [5.41, 5.74) is 0.106. The minimum Gasteiger partial charge on any atom is -0.303 e. The normalized spacial score (nSPS) is 14.7. The summed E-state index contributed by atoms with van der Waals surface area (Å²) in [4.78, 5) is 13.3. The summed E-state index contributed by atoms with van der Waals surface area (Å²) in [6, 6.07) is 0.522. The van der Waals surface area contributed by atoms with E-state index in [2.05, 4.69) is 46.6 Å². The van der Waals surface area contributed by atoms with Crippen LogP contribution in [0.1, 0.15) is 53.9 Å². The van der Waals surface area contributed by atoms with Crippen LogP contribution in [0.15, 0.2) is 0 Å². The highest BCUT2D eigenvalue weighted by atomic mass is 16.1. The smallest absolute Gasteiger partial charge is 0.123 e. The first kappa shape index (κ1) is 14.6. The Morgan fingerprint density at radius 1 is 1.33 bits per heavy atom. The van der Waals surface area contributed by atoms with Crippen molar-refractivity contribution in [2.75, 3.05) is 7.05 Å². The number of aldehydes is 1. The molecule has 0 fully saturated rings. The molecule has 1 atom stereocenters. The first-order valence-electron chi connectivity index (χ1n) is 6.03. The van der Waals surface area contributed by atoms with Crippen molar-refractivity contribution in [3.05, 3.63) is 0 Å². The molecule has 0 saturated carbocycles. The molecule has 0 rings (SSSR count). The van der Waals surface area contributed by atoms with Crippen molar-refractivity contribution < 1.29 is 4.79 Å². The molecule has 0 aromatic heterocycles. The summed E-state index contributed by atoms with van der Waals surface area (Å²) < 4.78 is 0. The fourth-order valence-corrected chi connectivity index (χ4v) is 2.07. The molecule has 0 aliphatic carbocycles. The van der Waals surface area contributed by atoms with Crippen LogP contribution in [0, 0.1) is 5.92 Å². The maximum atomic E-state index is 10.9. The van der Waals surface area contributed by atoms with Crippen molar-refractivity contribution in [1.82, 2.24) is 4.90 Å². The molecule has 0 amide bonds. The van der Waals surface area contributed by atoms with E-state index in [0.717, 1.165) is 25.5 Å². The number of hydrogen-bond donors (Lipinski definition) is 0. The van der Waals surface area contributed by atoms with Crippen molar-refractivity contribution in [3.8, 4) is 0 Å². The molecule has 0 bridgehead atoms. The number of nitrogens with zero attached hydrogens (tertiary/aromatic N) is 1. The van der Waals surface area contributed by atoms with Crippen LogP contribution >= 0.6 is 0 Å². The summed E-state index contributed by atoms with van der Waals surface area (Å²) in [7, 11) is 2.14. The van der Waals surface area contributed by atoms with Gasteiger partial charge in [0.15, 0.2) is 0 Å². The Bertz CT molecular complexity index is 187. The predicted molar refractivity (Wildman–Crippen MR) is 66.1 cm³/mol. The van der Waals surface area contributed by atoms with Gasteiger partial charge in [0.25, 0.3) is 0 Å². The number of carbonyl (C=O) groups is 1. The van der Waals surface area contributed by atoms with E-state index in [1.165, 1.54) is 0 Å². The summed E-state index contributed by atoms with van der Waals surface area (Å²) in [6.07, 6.45) is 4.18. The molecule has 15 heavy (non-hydrogen) atoms. The van der Waals surface area contributed by atoms with Crippen molar-refractivity contribution in [2.45, 2.75) is 65.5 Å². The maximum Gasteiger partial charge on any atom is 0.123 e. The molecular formula is C13H27NO. The van der Waals surface area contributed by atoms with E-state index < -0.39 is 0 Å². The second-order valence-electron chi connectivity index (χ2n) is 5.41. The standard InChI is InChI=1S/C13H27NO/c1-7-8-12(10-15)9-13(4,5)14(6)11(2)3/h10-12H,7-9H2,1-6H3. The molecule has 2 heteroatoms. The first-order valence-corrected chi connectivity index (χ1v) is 6.03. The van der Waals surface area contributed by atoms with Gasteiger partial charge in [-0.25, -0.2) is 0 Å². The van der Waals surface area contributed by atoms with Crippen LogP contribution in [-0.2, 0) is 4.79 Å². The van der Waals surface area contributed by atoms with E-state index in [1.807, 2.05) is 0 Å². The molecule has 1 unspecified atom stereocenters. The molecule has 0 aliphatic heterocycles. The molecule has 0 radical (unpaired) electrons. The van der Waals surface area contributed by atoms with Crippen molar-refractivity contribution >= 4 is 6.29 Å². The summed E-state index contributed by atoms with van der Waals surface area (Å²) in [5.74, 6) is 0.214. The van der Waals surface area contributed by atoms with Crippen molar-refractivity contribution in [3.63, 3.8) is 0 Å². The number of carbonyl (C=O) groups excluding carboxylic acids is 1.